The molecule has 0 bridgehead atoms. The SMILES string of the molecule is O=C(N[C@@H](c1ccccc1)c1ccc(C2CC(F)(F)C2)c(F)n1)C1CC(F)CN1C(=O)O. The maximum atomic E-state index is 14.7. The topological polar surface area (TPSA) is 82.5 Å². The van der Waals surface area contributed by atoms with Crippen molar-refractivity contribution in [3.05, 3.63) is 65.2 Å². The van der Waals surface area contributed by atoms with E-state index in [0.29, 0.717) is 5.56 Å². The van der Waals surface area contributed by atoms with Crippen LogP contribution in [0.15, 0.2) is 42.5 Å². The van der Waals surface area contributed by atoms with Gasteiger partial charge in [-0.15, -0.1) is 0 Å². The lowest BCUT2D eigenvalue weighted by Crippen LogP contribution is -2.46. The van der Waals surface area contributed by atoms with E-state index in [4.69, 9.17) is 0 Å². The van der Waals surface area contributed by atoms with Gasteiger partial charge in [-0.2, -0.15) is 4.39 Å². The molecule has 1 saturated heterocycles. The van der Waals surface area contributed by atoms with Crippen LogP contribution in [0.5, 0.6) is 0 Å². The first-order valence-electron chi connectivity index (χ1n) is 10.2. The highest BCUT2D eigenvalue weighted by Crippen LogP contribution is 2.48. The molecule has 0 spiro atoms. The molecule has 2 fully saturated rings. The smallest absolute Gasteiger partial charge is 0.408 e. The molecule has 4 rings (SSSR count). The number of halogens is 4. The second kappa shape index (κ2) is 8.40. The average Bonchev–Trinajstić information content (AvgIpc) is 3.13. The van der Waals surface area contributed by atoms with Crippen LogP contribution in [0.2, 0.25) is 0 Å². The standard InChI is InChI=1S/C22H21F4N3O3/c23-14-8-17(29(11-14)21(31)32)20(30)28-18(12-4-2-1-3-5-12)16-7-6-15(19(24)27-16)13-9-22(25,26)10-13/h1-7,13-14,17-18H,8-11H2,(H,28,30)(H,31,32)/t14?,17?,18-/m0/s1. The van der Waals surface area contributed by atoms with E-state index >= 15 is 0 Å². The van der Waals surface area contributed by atoms with Crippen LogP contribution < -0.4 is 5.32 Å². The molecule has 2 heterocycles. The van der Waals surface area contributed by atoms with E-state index in [1.165, 1.54) is 12.1 Å². The number of pyridine rings is 1. The summed E-state index contributed by atoms with van der Waals surface area (Å²) in [6.07, 6.45) is -4.04. The maximum absolute atomic E-state index is 14.7. The fourth-order valence-electron chi connectivity index (χ4n) is 4.26. The Bertz CT molecular complexity index is 1010. The van der Waals surface area contributed by atoms with Crippen molar-refractivity contribution in [3.63, 3.8) is 0 Å². The molecule has 1 aromatic carbocycles. The number of hydrogen-bond donors (Lipinski definition) is 2. The lowest BCUT2D eigenvalue weighted by molar-refractivity contribution is -0.125. The van der Waals surface area contributed by atoms with Gasteiger partial charge < -0.3 is 10.4 Å². The van der Waals surface area contributed by atoms with Crippen molar-refractivity contribution in [2.75, 3.05) is 6.54 Å². The summed E-state index contributed by atoms with van der Waals surface area (Å²) in [5.74, 6) is -5.05. The number of amides is 2. The summed E-state index contributed by atoms with van der Waals surface area (Å²) < 4.78 is 54.9. The molecule has 170 valence electrons. The number of rotatable bonds is 5. The summed E-state index contributed by atoms with van der Waals surface area (Å²) in [6.45, 7) is -0.406. The molecule has 6 nitrogen and oxygen atoms in total. The van der Waals surface area contributed by atoms with E-state index in [1.807, 2.05) is 0 Å². The summed E-state index contributed by atoms with van der Waals surface area (Å²) >= 11 is 0. The van der Waals surface area contributed by atoms with Gasteiger partial charge in [-0.3, -0.25) is 9.69 Å². The van der Waals surface area contributed by atoms with Gasteiger partial charge in [0.25, 0.3) is 0 Å². The van der Waals surface area contributed by atoms with Crippen LogP contribution in [0.4, 0.5) is 22.4 Å². The number of hydrogen-bond acceptors (Lipinski definition) is 3. The molecule has 2 amide bonds. The molecule has 2 unspecified atom stereocenters. The van der Waals surface area contributed by atoms with Gasteiger partial charge in [-0.05, 0) is 17.5 Å². The number of alkyl halides is 3. The zero-order valence-electron chi connectivity index (χ0n) is 16.8. The highest BCUT2D eigenvalue weighted by Gasteiger charge is 2.47. The third-order valence-electron chi connectivity index (χ3n) is 5.94. The van der Waals surface area contributed by atoms with E-state index in [0.717, 1.165) is 4.90 Å². The number of nitrogens with one attached hydrogen (secondary N) is 1. The highest BCUT2D eigenvalue weighted by atomic mass is 19.3. The van der Waals surface area contributed by atoms with E-state index in [1.54, 1.807) is 30.3 Å². The molecule has 1 aromatic heterocycles. The first-order valence-corrected chi connectivity index (χ1v) is 10.2. The Kier molecular flexibility index (Phi) is 5.79. The summed E-state index contributed by atoms with van der Waals surface area (Å²) in [7, 11) is 0. The summed E-state index contributed by atoms with van der Waals surface area (Å²) in [5.41, 5.74) is 0.756. The third-order valence-corrected chi connectivity index (χ3v) is 5.94. The molecule has 0 radical (unpaired) electrons. The Hall–Kier alpha value is -3.17. The molecule has 1 saturated carbocycles. The monoisotopic (exact) mass is 451 g/mol. The zero-order valence-corrected chi connectivity index (χ0v) is 16.8. The van der Waals surface area contributed by atoms with Crippen molar-refractivity contribution in [3.8, 4) is 0 Å². The van der Waals surface area contributed by atoms with Crippen molar-refractivity contribution in [2.24, 2.45) is 0 Å². The van der Waals surface area contributed by atoms with E-state index in [2.05, 4.69) is 10.3 Å². The van der Waals surface area contributed by atoms with Crippen LogP contribution in [0.3, 0.4) is 0 Å². The Balaban J connectivity index is 1.60. The first-order chi connectivity index (χ1) is 15.1. The summed E-state index contributed by atoms with van der Waals surface area (Å²) in [6, 6.07) is 9.16. The molecule has 1 aliphatic carbocycles. The Morgan fingerprint density at radius 1 is 1.16 bits per heavy atom. The Labute approximate surface area is 181 Å². The predicted molar refractivity (Wildman–Crippen MR) is 106 cm³/mol. The van der Waals surface area contributed by atoms with Crippen LogP contribution >= 0.6 is 0 Å². The summed E-state index contributed by atoms with van der Waals surface area (Å²) in [5, 5.41) is 11.9. The van der Waals surface area contributed by atoms with Crippen LogP contribution in [0.25, 0.3) is 0 Å². The Morgan fingerprint density at radius 3 is 2.44 bits per heavy atom. The molecule has 3 atom stereocenters. The van der Waals surface area contributed by atoms with Gasteiger partial charge >= 0.3 is 6.09 Å². The Morgan fingerprint density at radius 2 is 1.84 bits per heavy atom. The second-order valence-electron chi connectivity index (χ2n) is 8.21. The predicted octanol–water partition coefficient (Wildman–Crippen LogP) is 4.03. The average molecular weight is 451 g/mol. The van der Waals surface area contributed by atoms with Crippen LogP contribution in [-0.4, -0.2) is 51.7 Å². The van der Waals surface area contributed by atoms with Gasteiger partial charge in [0.2, 0.25) is 17.8 Å². The van der Waals surface area contributed by atoms with Gasteiger partial charge in [0, 0.05) is 24.8 Å². The van der Waals surface area contributed by atoms with Gasteiger partial charge in [0.05, 0.1) is 18.3 Å². The quantitative estimate of drug-likeness (QED) is 0.531. The number of aromatic nitrogens is 1. The molecule has 2 aromatic rings. The minimum atomic E-state index is -2.80. The van der Waals surface area contributed by atoms with E-state index in [9.17, 15) is 32.3 Å². The van der Waals surface area contributed by atoms with Crippen molar-refractivity contribution >= 4 is 12.0 Å². The fourth-order valence-corrected chi connectivity index (χ4v) is 4.26. The lowest BCUT2D eigenvalue weighted by Gasteiger charge is -2.35. The van der Waals surface area contributed by atoms with Gasteiger partial charge in [0.15, 0.2) is 0 Å². The molecule has 1 aliphatic heterocycles. The molecule has 10 heteroatoms. The van der Waals surface area contributed by atoms with E-state index < -0.39 is 67.4 Å². The number of carbonyl (C=O) groups is 2. The van der Waals surface area contributed by atoms with Gasteiger partial charge in [0.1, 0.15) is 12.2 Å². The molecule has 2 aliphatic rings. The van der Waals surface area contributed by atoms with E-state index in [-0.39, 0.29) is 17.7 Å². The lowest BCUT2D eigenvalue weighted by atomic mass is 9.77. The number of nitrogens with zero attached hydrogens (tertiary/aromatic N) is 2. The van der Waals surface area contributed by atoms with Crippen molar-refractivity contribution in [1.82, 2.24) is 15.2 Å². The molecular formula is C22H21F4N3O3. The highest BCUT2D eigenvalue weighted by molar-refractivity contribution is 5.86. The third kappa shape index (κ3) is 4.39. The fraction of sp³-hybridized carbons (Fsp3) is 0.409. The van der Waals surface area contributed by atoms with Gasteiger partial charge in [-0.25, -0.2) is 22.9 Å². The van der Waals surface area contributed by atoms with Crippen LogP contribution in [0.1, 0.15) is 48.0 Å². The number of carbonyl (C=O) groups excluding carboxylic acids is 1. The van der Waals surface area contributed by atoms with Gasteiger partial charge in [-0.1, -0.05) is 36.4 Å². The normalized spacial score (nSPS) is 23.4. The number of benzene rings is 1. The maximum Gasteiger partial charge on any atom is 0.408 e. The van der Waals surface area contributed by atoms with Crippen molar-refractivity contribution in [2.45, 2.75) is 49.4 Å². The molecule has 32 heavy (non-hydrogen) atoms. The largest absolute Gasteiger partial charge is 0.465 e. The number of likely N-dealkylation sites (tertiary alicyclic amines) is 1. The minimum absolute atomic E-state index is 0.0888. The molecular weight excluding hydrogens is 430 g/mol. The molecule has 2 N–H and O–H groups in total. The minimum Gasteiger partial charge on any atom is -0.465 e. The summed E-state index contributed by atoms with van der Waals surface area (Å²) in [4.78, 5) is 28.9. The number of carboxylic acid groups (broad SMARTS) is 1. The second-order valence-corrected chi connectivity index (χ2v) is 8.21. The van der Waals surface area contributed by atoms with Crippen LogP contribution in [-0.2, 0) is 4.79 Å². The first kappa shape index (κ1) is 22.0. The van der Waals surface area contributed by atoms with Crippen molar-refractivity contribution < 1.29 is 32.3 Å². The van der Waals surface area contributed by atoms with Crippen molar-refractivity contribution in [1.29, 1.82) is 0 Å². The van der Waals surface area contributed by atoms with Crippen LogP contribution in [0, 0.1) is 5.95 Å². The zero-order chi connectivity index (χ0) is 23.0.